The molecule has 1 aromatic rings. The summed E-state index contributed by atoms with van der Waals surface area (Å²) < 4.78 is 44.4. The third-order valence-corrected chi connectivity index (χ3v) is 2.81. The van der Waals surface area contributed by atoms with Gasteiger partial charge in [0.15, 0.2) is 0 Å². The molecule has 8 heteroatoms. The number of nitrogen functional groups attached to an aromatic ring is 1. The third kappa shape index (κ3) is 2.17. The van der Waals surface area contributed by atoms with Gasteiger partial charge >= 0.3 is 12.1 Å². The summed E-state index contributed by atoms with van der Waals surface area (Å²) in [5, 5.41) is 2.11. The number of pyridine rings is 1. The highest BCUT2D eigenvalue weighted by Crippen LogP contribution is 2.40. The molecule has 5 nitrogen and oxygen atoms in total. The fraction of sp³-hybridized carbons (Fsp3) is 0.333. The van der Waals surface area contributed by atoms with Crippen LogP contribution in [0.15, 0.2) is 18.3 Å². The van der Waals surface area contributed by atoms with Crippen molar-refractivity contribution in [1.29, 1.82) is 0 Å². The number of halogens is 3. The number of esters is 1. The highest BCUT2D eigenvalue weighted by Gasteiger charge is 2.61. The summed E-state index contributed by atoms with van der Waals surface area (Å²) in [7, 11) is 0. The second-order valence-electron chi connectivity index (χ2n) is 4.19. The van der Waals surface area contributed by atoms with Gasteiger partial charge in [-0.1, -0.05) is 6.08 Å². The van der Waals surface area contributed by atoms with Crippen LogP contribution in [0.4, 0.5) is 24.7 Å². The second-order valence-corrected chi connectivity index (χ2v) is 4.19. The van der Waals surface area contributed by atoms with Gasteiger partial charge < -0.3 is 15.8 Å². The summed E-state index contributed by atoms with van der Waals surface area (Å²) in [5.74, 6) is -1.50. The Balaban J connectivity index is 2.48. The van der Waals surface area contributed by atoms with Crippen LogP contribution in [0, 0.1) is 0 Å². The molecular weight excluding hydrogens is 275 g/mol. The predicted octanol–water partition coefficient (Wildman–Crippen LogP) is 1.97. The normalized spacial score (nSPS) is 21.0. The number of nitrogens with two attached hydrogens (primary N) is 1. The first kappa shape index (κ1) is 14.2. The maximum absolute atomic E-state index is 13.3. The molecule has 1 atom stereocenters. The molecule has 0 aromatic carbocycles. The number of fused-ring (bicyclic) bond motifs is 1. The molecule has 1 unspecified atom stereocenters. The molecule has 0 saturated carbocycles. The molecule has 1 aliphatic heterocycles. The number of nitrogens with one attached hydrogen (secondary N) is 1. The Morgan fingerprint density at radius 1 is 1.55 bits per heavy atom. The van der Waals surface area contributed by atoms with Crippen molar-refractivity contribution >= 4 is 23.6 Å². The molecule has 108 valence electrons. The molecule has 2 rings (SSSR count). The van der Waals surface area contributed by atoms with Crippen molar-refractivity contribution in [1.82, 2.24) is 4.98 Å². The largest absolute Gasteiger partial charge is 0.464 e. The zero-order valence-electron chi connectivity index (χ0n) is 10.5. The minimum Gasteiger partial charge on any atom is -0.464 e. The van der Waals surface area contributed by atoms with Crippen molar-refractivity contribution in [3.8, 4) is 0 Å². The maximum Gasteiger partial charge on any atom is 0.426 e. The van der Waals surface area contributed by atoms with Crippen molar-refractivity contribution in [3.63, 3.8) is 0 Å². The molecule has 20 heavy (non-hydrogen) atoms. The lowest BCUT2D eigenvalue weighted by Gasteiger charge is -2.34. The fourth-order valence-electron chi connectivity index (χ4n) is 1.82. The molecular formula is C12H12F3N3O2. The van der Waals surface area contributed by atoms with E-state index in [1.54, 1.807) is 0 Å². The Bertz CT molecular complexity index is 572. The average molecular weight is 287 g/mol. The molecule has 0 fully saturated rings. The number of carbonyl (C=O) groups excluding carboxylic acids is 1. The number of alkyl halides is 3. The monoisotopic (exact) mass is 287 g/mol. The number of rotatable bonds is 2. The van der Waals surface area contributed by atoms with Crippen LogP contribution < -0.4 is 11.1 Å². The topological polar surface area (TPSA) is 77.2 Å². The lowest BCUT2D eigenvalue weighted by Crippen LogP contribution is -2.58. The van der Waals surface area contributed by atoms with Gasteiger partial charge in [0.2, 0.25) is 0 Å². The lowest BCUT2D eigenvalue weighted by atomic mass is 9.93. The summed E-state index contributed by atoms with van der Waals surface area (Å²) in [6.07, 6.45) is -1.79. The first-order valence-electron chi connectivity index (χ1n) is 5.77. The highest BCUT2D eigenvalue weighted by molar-refractivity contribution is 5.92. The first-order chi connectivity index (χ1) is 9.30. The van der Waals surface area contributed by atoms with Crippen LogP contribution in [0.25, 0.3) is 6.08 Å². The van der Waals surface area contributed by atoms with Gasteiger partial charge in [0.1, 0.15) is 5.82 Å². The second kappa shape index (κ2) is 4.69. The number of carbonyl (C=O) groups is 1. The van der Waals surface area contributed by atoms with Crippen molar-refractivity contribution in [2.24, 2.45) is 0 Å². The van der Waals surface area contributed by atoms with E-state index in [1.807, 2.05) is 0 Å². The van der Waals surface area contributed by atoms with Gasteiger partial charge in [0.05, 0.1) is 18.5 Å². The summed E-state index contributed by atoms with van der Waals surface area (Å²) in [6, 6.07) is 1.46. The van der Waals surface area contributed by atoms with Crippen LogP contribution in [0.5, 0.6) is 0 Å². The molecule has 0 aliphatic carbocycles. The SMILES string of the molecule is CCOC(=O)C1(C(F)(F)F)C=Cc2cc(N)cnc2N1. The Hall–Kier alpha value is -2.25. The summed E-state index contributed by atoms with van der Waals surface area (Å²) in [6.45, 7) is 1.27. The van der Waals surface area contributed by atoms with Crippen LogP contribution in [0.2, 0.25) is 0 Å². The van der Waals surface area contributed by atoms with E-state index >= 15 is 0 Å². The predicted molar refractivity (Wildman–Crippen MR) is 66.7 cm³/mol. The van der Waals surface area contributed by atoms with Crippen molar-refractivity contribution in [2.75, 3.05) is 17.7 Å². The summed E-state index contributed by atoms with van der Waals surface area (Å²) >= 11 is 0. The van der Waals surface area contributed by atoms with Crippen LogP contribution in [0.1, 0.15) is 12.5 Å². The van der Waals surface area contributed by atoms with Crippen molar-refractivity contribution in [3.05, 3.63) is 23.9 Å². The smallest absolute Gasteiger partial charge is 0.426 e. The van der Waals surface area contributed by atoms with E-state index in [2.05, 4.69) is 15.0 Å². The molecule has 0 radical (unpaired) electrons. The van der Waals surface area contributed by atoms with E-state index < -0.39 is 17.7 Å². The van der Waals surface area contributed by atoms with Gasteiger partial charge in [0.25, 0.3) is 5.54 Å². The highest BCUT2D eigenvalue weighted by atomic mass is 19.4. The van der Waals surface area contributed by atoms with Gasteiger partial charge in [0, 0.05) is 5.56 Å². The van der Waals surface area contributed by atoms with Crippen molar-refractivity contribution in [2.45, 2.75) is 18.6 Å². The Labute approximate surface area is 112 Å². The quantitative estimate of drug-likeness (QED) is 0.813. The Morgan fingerprint density at radius 2 is 2.25 bits per heavy atom. The maximum atomic E-state index is 13.3. The zero-order valence-corrected chi connectivity index (χ0v) is 10.5. The van der Waals surface area contributed by atoms with E-state index in [0.717, 1.165) is 6.08 Å². The molecule has 0 spiro atoms. The van der Waals surface area contributed by atoms with Crippen molar-refractivity contribution < 1.29 is 22.7 Å². The van der Waals surface area contributed by atoms with Gasteiger partial charge in [-0.3, -0.25) is 0 Å². The van der Waals surface area contributed by atoms with Crippen LogP contribution >= 0.6 is 0 Å². The number of nitrogens with zero attached hydrogens (tertiary/aromatic N) is 1. The van der Waals surface area contributed by atoms with Crippen LogP contribution in [0.3, 0.4) is 0 Å². The van der Waals surface area contributed by atoms with E-state index in [4.69, 9.17) is 5.73 Å². The number of aromatic nitrogens is 1. The minimum atomic E-state index is -4.86. The first-order valence-corrected chi connectivity index (χ1v) is 5.77. The molecule has 1 aliphatic rings. The molecule has 0 amide bonds. The Kier molecular flexibility index (Phi) is 3.33. The Morgan fingerprint density at radius 3 is 2.85 bits per heavy atom. The average Bonchev–Trinajstić information content (AvgIpc) is 2.37. The van der Waals surface area contributed by atoms with E-state index in [0.29, 0.717) is 17.3 Å². The van der Waals surface area contributed by atoms with Gasteiger partial charge in [-0.25, -0.2) is 9.78 Å². The zero-order chi connectivity index (χ0) is 15.0. The molecule has 0 bridgehead atoms. The van der Waals surface area contributed by atoms with Gasteiger partial charge in [-0.15, -0.1) is 0 Å². The number of hydrogen-bond acceptors (Lipinski definition) is 5. The van der Waals surface area contributed by atoms with E-state index in [1.165, 1.54) is 19.2 Å². The van der Waals surface area contributed by atoms with Crippen LogP contribution in [-0.2, 0) is 9.53 Å². The van der Waals surface area contributed by atoms with E-state index in [9.17, 15) is 18.0 Å². The standard InChI is InChI=1S/C12H12F3N3O2/c1-2-20-10(19)11(12(13,14)15)4-3-7-5-8(16)6-17-9(7)18-11/h3-6H,2,16H2,1H3,(H,17,18). The summed E-state index contributed by atoms with van der Waals surface area (Å²) in [4.78, 5) is 15.5. The summed E-state index contributed by atoms with van der Waals surface area (Å²) in [5.41, 5.74) is 3.25. The van der Waals surface area contributed by atoms with Crippen LogP contribution in [-0.4, -0.2) is 29.3 Å². The van der Waals surface area contributed by atoms with E-state index in [-0.39, 0.29) is 12.4 Å². The molecule has 2 heterocycles. The molecule has 0 saturated heterocycles. The lowest BCUT2D eigenvalue weighted by molar-refractivity contribution is -0.190. The van der Waals surface area contributed by atoms with Gasteiger partial charge in [-0.2, -0.15) is 13.2 Å². The number of ether oxygens (including phenoxy) is 1. The fourth-order valence-corrected chi connectivity index (χ4v) is 1.82. The number of hydrogen-bond donors (Lipinski definition) is 2. The number of anilines is 2. The molecule has 1 aromatic heterocycles. The van der Waals surface area contributed by atoms with Gasteiger partial charge in [-0.05, 0) is 19.1 Å². The molecule has 3 N–H and O–H groups in total. The minimum absolute atomic E-state index is 0.0768. The third-order valence-electron chi connectivity index (χ3n) is 2.81.